The molecule has 0 amide bonds. The third-order valence-corrected chi connectivity index (χ3v) is 4.61. The first-order valence-electron chi connectivity index (χ1n) is 8.14. The highest BCUT2D eigenvalue weighted by Gasteiger charge is 2.15. The number of nitrogen functional groups attached to an aromatic ring is 1. The molecular formula is C18H20BrN5O. The van der Waals surface area contributed by atoms with Crippen LogP contribution in [-0.2, 0) is 0 Å². The van der Waals surface area contributed by atoms with E-state index in [0.717, 1.165) is 34.8 Å². The van der Waals surface area contributed by atoms with Crippen molar-refractivity contribution < 1.29 is 4.74 Å². The van der Waals surface area contributed by atoms with Gasteiger partial charge >= 0.3 is 0 Å². The molecule has 2 N–H and O–H groups in total. The molecule has 3 rings (SSSR count). The normalized spacial score (nSPS) is 10.8. The van der Waals surface area contributed by atoms with E-state index >= 15 is 0 Å². The molecule has 0 unspecified atom stereocenters. The number of nitrogens with two attached hydrogens (primary N) is 1. The Morgan fingerprint density at radius 2 is 2.04 bits per heavy atom. The van der Waals surface area contributed by atoms with E-state index in [1.165, 1.54) is 6.33 Å². The quantitative estimate of drug-likeness (QED) is 0.659. The Morgan fingerprint density at radius 1 is 1.20 bits per heavy atom. The highest BCUT2D eigenvalue weighted by Crippen LogP contribution is 2.35. The Kier molecular flexibility index (Phi) is 5.33. The van der Waals surface area contributed by atoms with Gasteiger partial charge in [-0.25, -0.2) is 4.98 Å². The summed E-state index contributed by atoms with van der Waals surface area (Å²) in [6, 6.07) is 7.63. The Labute approximate surface area is 155 Å². The van der Waals surface area contributed by atoms with Crippen LogP contribution in [0.4, 0.5) is 11.5 Å². The first-order chi connectivity index (χ1) is 12.1. The number of pyridine rings is 1. The van der Waals surface area contributed by atoms with Gasteiger partial charge in [0.2, 0.25) is 5.88 Å². The maximum absolute atomic E-state index is 6.26. The molecule has 0 saturated heterocycles. The van der Waals surface area contributed by atoms with Gasteiger partial charge in [-0.3, -0.25) is 4.98 Å². The van der Waals surface area contributed by atoms with Gasteiger partial charge < -0.3 is 15.4 Å². The minimum absolute atomic E-state index is 0.336. The Bertz CT molecular complexity index is 886. The van der Waals surface area contributed by atoms with Crippen molar-refractivity contribution in [3.63, 3.8) is 0 Å². The van der Waals surface area contributed by atoms with Gasteiger partial charge in [-0.05, 0) is 24.6 Å². The minimum atomic E-state index is 0.336. The van der Waals surface area contributed by atoms with Crippen molar-refractivity contribution in [1.82, 2.24) is 15.0 Å². The van der Waals surface area contributed by atoms with Crippen molar-refractivity contribution in [2.24, 2.45) is 0 Å². The summed E-state index contributed by atoms with van der Waals surface area (Å²) >= 11 is 3.53. The predicted octanol–water partition coefficient (Wildman–Crippen LogP) is 4.40. The van der Waals surface area contributed by atoms with Gasteiger partial charge in [-0.2, -0.15) is 4.98 Å². The number of rotatable bonds is 6. The highest BCUT2D eigenvalue weighted by molar-refractivity contribution is 9.10. The van der Waals surface area contributed by atoms with Crippen molar-refractivity contribution >= 4 is 38.3 Å². The number of benzene rings is 1. The van der Waals surface area contributed by atoms with E-state index in [1.54, 1.807) is 6.20 Å². The highest BCUT2D eigenvalue weighted by atomic mass is 79.9. The van der Waals surface area contributed by atoms with E-state index in [2.05, 4.69) is 37.8 Å². The molecule has 2 aromatic heterocycles. The van der Waals surface area contributed by atoms with Crippen LogP contribution in [0.25, 0.3) is 10.9 Å². The van der Waals surface area contributed by atoms with Crippen molar-refractivity contribution in [3.8, 4) is 11.6 Å². The summed E-state index contributed by atoms with van der Waals surface area (Å²) in [5.41, 5.74) is 7.43. The fourth-order valence-corrected chi connectivity index (χ4v) is 3.01. The van der Waals surface area contributed by atoms with Crippen LogP contribution in [0.15, 0.2) is 41.3 Å². The van der Waals surface area contributed by atoms with E-state index in [1.807, 2.05) is 36.2 Å². The average Bonchev–Trinajstić information content (AvgIpc) is 2.64. The smallest absolute Gasteiger partial charge is 0.248 e. The summed E-state index contributed by atoms with van der Waals surface area (Å²) in [5.74, 6) is 1.61. The molecule has 0 saturated carbocycles. The maximum Gasteiger partial charge on any atom is 0.248 e. The summed E-state index contributed by atoms with van der Waals surface area (Å²) in [4.78, 5) is 14.9. The summed E-state index contributed by atoms with van der Waals surface area (Å²) in [5, 5.41) is 0.966. The van der Waals surface area contributed by atoms with Crippen LogP contribution < -0.4 is 15.4 Å². The number of fused-ring (bicyclic) bond motifs is 1. The molecule has 130 valence electrons. The zero-order valence-electron chi connectivity index (χ0n) is 14.2. The molecule has 0 spiro atoms. The lowest BCUT2D eigenvalue weighted by Crippen LogP contribution is -2.21. The third-order valence-electron chi connectivity index (χ3n) is 3.92. The van der Waals surface area contributed by atoms with E-state index in [4.69, 9.17) is 10.5 Å². The number of nitrogens with zero attached hydrogens (tertiary/aromatic N) is 4. The first kappa shape index (κ1) is 17.4. The molecule has 0 aliphatic carbocycles. The number of hydrogen-bond donors (Lipinski definition) is 1. The minimum Gasteiger partial charge on any atom is -0.435 e. The monoisotopic (exact) mass is 401 g/mol. The number of halogens is 1. The lowest BCUT2D eigenvalue weighted by Gasteiger charge is -2.20. The zero-order chi connectivity index (χ0) is 17.8. The zero-order valence-corrected chi connectivity index (χ0v) is 15.8. The molecule has 0 atom stereocenters. The van der Waals surface area contributed by atoms with E-state index < -0.39 is 0 Å². The lowest BCUT2D eigenvalue weighted by atomic mass is 10.2. The van der Waals surface area contributed by atoms with Crippen LogP contribution in [0.1, 0.15) is 19.8 Å². The van der Waals surface area contributed by atoms with Crippen LogP contribution in [-0.4, -0.2) is 28.5 Å². The van der Waals surface area contributed by atoms with E-state index in [0.29, 0.717) is 23.1 Å². The Balaban J connectivity index is 1.95. The summed E-state index contributed by atoms with van der Waals surface area (Å²) in [6.45, 7) is 3.03. The van der Waals surface area contributed by atoms with Crippen molar-refractivity contribution in [3.05, 3.63) is 41.3 Å². The predicted molar refractivity (Wildman–Crippen MR) is 104 cm³/mol. The molecule has 1 aromatic carbocycles. The Morgan fingerprint density at radius 3 is 2.84 bits per heavy atom. The molecule has 7 heteroatoms. The lowest BCUT2D eigenvalue weighted by molar-refractivity contribution is 0.468. The van der Waals surface area contributed by atoms with Gasteiger partial charge in [0.25, 0.3) is 0 Å². The maximum atomic E-state index is 6.26. The van der Waals surface area contributed by atoms with Gasteiger partial charge in [-0.15, -0.1) is 0 Å². The summed E-state index contributed by atoms with van der Waals surface area (Å²) in [6.07, 6.45) is 5.37. The second-order valence-corrected chi connectivity index (χ2v) is 6.59. The summed E-state index contributed by atoms with van der Waals surface area (Å²) < 4.78 is 6.94. The van der Waals surface area contributed by atoms with Gasteiger partial charge in [-0.1, -0.05) is 35.3 Å². The van der Waals surface area contributed by atoms with Crippen LogP contribution >= 0.6 is 15.9 Å². The summed E-state index contributed by atoms with van der Waals surface area (Å²) in [7, 11) is 1.97. The van der Waals surface area contributed by atoms with Crippen molar-refractivity contribution in [1.29, 1.82) is 0 Å². The molecular weight excluding hydrogens is 382 g/mol. The van der Waals surface area contributed by atoms with Gasteiger partial charge in [0.1, 0.15) is 17.5 Å². The molecule has 0 aliphatic heterocycles. The molecule has 25 heavy (non-hydrogen) atoms. The fourth-order valence-electron chi connectivity index (χ4n) is 2.56. The van der Waals surface area contributed by atoms with Gasteiger partial charge in [0.05, 0.1) is 0 Å². The van der Waals surface area contributed by atoms with Crippen LogP contribution in [0.3, 0.4) is 0 Å². The topological polar surface area (TPSA) is 77.2 Å². The van der Waals surface area contributed by atoms with Crippen molar-refractivity contribution in [2.45, 2.75) is 19.8 Å². The molecule has 0 aliphatic rings. The number of anilines is 2. The molecule has 0 bridgehead atoms. The van der Waals surface area contributed by atoms with Crippen LogP contribution in [0.2, 0.25) is 0 Å². The molecule has 6 nitrogen and oxygen atoms in total. The number of aromatic nitrogens is 3. The van der Waals surface area contributed by atoms with E-state index in [9.17, 15) is 0 Å². The number of ether oxygens (including phenoxy) is 1. The van der Waals surface area contributed by atoms with Gasteiger partial charge in [0.15, 0.2) is 11.6 Å². The average molecular weight is 402 g/mol. The van der Waals surface area contributed by atoms with Gasteiger partial charge in [0, 0.05) is 29.6 Å². The van der Waals surface area contributed by atoms with Crippen molar-refractivity contribution in [2.75, 3.05) is 24.2 Å². The van der Waals surface area contributed by atoms with Crippen LogP contribution in [0, 0.1) is 0 Å². The molecule has 0 radical (unpaired) electrons. The standard InChI is InChI=1S/C18H20BrN5O/c1-3-4-10-24(2)17-15(20)18(23-11-22-17)25-14-8-7-13(19)12-6-5-9-21-16(12)14/h5-9,11H,3-4,10,20H2,1-2H3. The second kappa shape index (κ2) is 7.65. The molecule has 2 heterocycles. The number of hydrogen-bond acceptors (Lipinski definition) is 6. The number of unbranched alkanes of at least 4 members (excludes halogenated alkanes) is 1. The first-order valence-corrected chi connectivity index (χ1v) is 8.93. The third kappa shape index (κ3) is 3.66. The molecule has 0 fully saturated rings. The SMILES string of the molecule is CCCCN(C)c1ncnc(Oc2ccc(Br)c3cccnc23)c1N. The van der Waals surface area contributed by atoms with E-state index in [-0.39, 0.29) is 0 Å². The largest absolute Gasteiger partial charge is 0.435 e. The fraction of sp³-hybridized carbons (Fsp3) is 0.278. The second-order valence-electron chi connectivity index (χ2n) is 5.74. The van der Waals surface area contributed by atoms with Crippen LogP contribution in [0.5, 0.6) is 11.6 Å². The molecule has 3 aromatic rings. The Hall–Kier alpha value is -2.41.